The van der Waals surface area contributed by atoms with Crippen molar-refractivity contribution in [2.75, 3.05) is 6.61 Å². The van der Waals surface area contributed by atoms with Crippen molar-refractivity contribution in [2.24, 2.45) is 0 Å². The van der Waals surface area contributed by atoms with Gasteiger partial charge in [0.1, 0.15) is 5.69 Å². The van der Waals surface area contributed by atoms with E-state index in [1.54, 1.807) is 24.5 Å². The second-order valence-electron chi connectivity index (χ2n) is 3.18. The largest absolute Gasteiger partial charge is 0.479 e. The summed E-state index contributed by atoms with van der Waals surface area (Å²) in [7, 11) is 0. The number of nitrogens with zero attached hydrogens (tertiary/aromatic N) is 3. The second kappa shape index (κ2) is 4.52. The van der Waals surface area contributed by atoms with Crippen molar-refractivity contribution in [2.45, 2.75) is 0 Å². The minimum absolute atomic E-state index is 0.0359. The van der Waals surface area contributed by atoms with Crippen LogP contribution in [0.4, 0.5) is 0 Å². The Bertz CT molecular complexity index is 524. The number of hydrogen-bond donors (Lipinski definition) is 2. The second-order valence-corrected chi connectivity index (χ2v) is 3.18. The lowest BCUT2D eigenvalue weighted by atomic mass is 10.2. The van der Waals surface area contributed by atoms with Crippen molar-refractivity contribution in [1.29, 1.82) is 0 Å². The number of rotatable bonds is 4. The smallest absolute Gasteiger partial charge is 0.341 e. The molecule has 0 fully saturated rings. The Labute approximate surface area is 95.9 Å². The number of carboxylic acids is 1. The van der Waals surface area contributed by atoms with E-state index in [-0.39, 0.29) is 5.88 Å². The average molecular weight is 235 g/mol. The summed E-state index contributed by atoms with van der Waals surface area (Å²) < 4.78 is 4.84. The van der Waals surface area contributed by atoms with Gasteiger partial charge in [-0.05, 0) is 12.1 Å². The highest BCUT2D eigenvalue weighted by Gasteiger charge is 2.11. The van der Waals surface area contributed by atoms with Crippen LogP contribution < -0.4 is 4.74 Å². The molecule has 88 valence electrons. The van der Waals surface area contributed by atoms with E-state index < -0.39 is 12.6 Å². The van der Waals surface area contributed by atoms with Crippen LogP contribution in [0.1, 0.15) is 0 Å². The molecule has 2 aromatic rings. The van der Waals surface area contributed by atoms with E-state index >= 15 is 0 Å². The summed E-state index contributed by atoms with van der Waals surface area (Å²) in [5, 5.41) is 21.6. The summed E-state index contributed by atoms with van der Waals surface area (Å²) in [6, 6.07) is 4.87. The van der Waals surface area contributed by atoms with Crippen molar-refractivity contribution in [3.63, 3.8) is 0 Å². The summed E-state index contributed by atoms with van der Waals surface area (Å²) >= 11 is 0. The van der Waals surface area contributed by atoms with E-state index in [1.165, 1.54) is 6.07 Å². The fourth-order valence-corrected chi connectivity index (χ4v) is 1.27. The first-order valence-corrected chi connectivity index (χ1v) is 4.71. The molecule has 7 nitrogen and oxygen atoms in total. The Morgan fingerprint density at radius 3 is 3.00 bits per heavy atom. The van der Waals surface area contributed by atoms with Crippen LogP contribution in [0.25, 0.3) is 11.3 Å². The molecular formula is C10H9N3O4. The summed E-state index contributed by atoms with van der Waals surface area (Å²) in [6.45, 7) is -0.510. The molecule has 0 aliphatic carbocycles. The standard InChI is InChI=1S/C10H9N3O4/c14-10(15)6-17-9-4-8(13(16)12-9)7-2-1-3-11-5-7/h1-5,16H,6H2,(H,14,15). The van der Waals surface area contributed by atoms with Crippen LogP contribution in [0.3, 0.4) is 0 Å². The van der Waals surface area contributed by atoms with Crippen molar-refractivity contribution in [3.05, 3.63) is 30.6 Å². The van der Waals surface area contributed by atoms with Gasteiger partial charge >= 0.3 is 5.97 Å². The molecule has 17 heavy (non-hydrogen) atoms. The first kappa shape index (κ1) is 10.9. The molecule has 2 aromatic heterocycles. The number of aromatic nitrogens is 3. The van der Waals surface area contributed by atoms with Gasteiger partial charge in [0.25, 0.3) is 0 Å². The summed E-state index contributed by atoms with van der Waals surface area (Å²) in [5.41, 5.74) is 1.02. The third-order valence-electron chi connectivity index (χ3n) is 1.97. The van der Waals surface area contributed by atoms with Crippen LogP contribution in [-0.4, -0.2) is 37.8 Å². The average Bonchev–Trinajstić information content (AvgIpc) is 2.69. The van der Waals surface area contributed by atoms with Gasteiger partial charge in [-0.15, -0.1) is 0 Å². The zero-order chi connectivity index (χ0) is 12.3. The van der Waals surface area contributed by atoms with Crippen LogP contribution >= 0.6 is 0 Å². The van der Waals surface area contributed by atoms with Crippen LogP contribution in [-0.2, 0) is 4.79 Å². The first-order chi connectivity index (χ1) is 8.16. The Kier molecular flexibility index (Phi) is 2.91. The van der Waals surface area contributed by atoms with Crippen LogP contribution in [0.5, 0.6) is 5.88 Å². The van der Waals surface area contributed by atoms with Gasteiger partial charge in [-0.1, -0.05) is 9.94 Å². The lowest BCUT2D eigenvalue weighted by molar-refractivity contribution is -0.139. The number of carbonyl (C=O) groups is 1. The zero-order valence-corrected chi connectivity index (χ0v) is 8.65. The highest BCUT2D eigenvalue weighted by Crippen LogP contribution is 2.21. The summed E-state index contributed by atoms with van der Waals surface area (Å²) in [5.74, 6) is -1.07. The molecule has 0 aliphatic heterocycles. The van der Waals surface area contributed by atoms with E-state index in [9.17, 15) is 10.0 Å². The molecule has 0 amide bonds. The third kappa shape index (κ3) is 2.51. The van der Waals surface area contributed by atoms with Crippen molar-refractivity contribution in [1.82, 2.24) is 14.9 Å². The van der Waals surface area contributed by atoms with Gasteiger partial charge in [-0.2, -0.15) is 0 Å². The highest BCUT2D eigenvalue weighted by atomic mass is 16.5. The molecule has 0 aromatic carbocycles. The van der Waals surface area contributed by atoms with Crippen LogP contribution in [0, 0.1) is 0 Å². The number of hydrogen-bond acceptors (Lipinski definition) is 5. The van der Waals surface area contributed by atoms with Gasteiger partial charge in [0.05, 0.1) is 0 Å². The quantitative estimate of drug-likeness (QED) is 0.755. The van der Waals surface area contributed by atoms with Crippen molar-refractivity contribution < 1.29 is 19.8 Å². The van der Waals surface area contributed by atoms with Gasteiger partial charge < -0.3 is 15.1 Å². The fourth-order valence-electron chi connectivity index (χ4n) is 1.27. The van der Waals surface area contributed by atoms with Gasteiger partial charge in [0.15, 0.2) is 6.61 Å². The molecule has 0 unspecified atom stereocenters. The Hall–Kier alpha value is -2.57. The maximum Gasteiger partial charge on any atom is 0.341 e. The lowest BCUT2D eigenvalue weighted by Gasteiger charge is -1.97. The summed E-state index contributed by atoms with van der Waals surface area (Å²) in [4.78, 5) is 14.8. The normalized spacial score (nSPS) is 10.1. The van der Waals surface area contributed by atoms with E-state index in [2.05, 4.69) is 10.1 Å². The number of ether oxygens (including phenoxy) is 1. The topological polar surface area (TPSA) is 97.5 Å². The Morgan fingerprint density at radius 2 is 2.35 bits per heavy atom. The van der Waals surface area contributed by atoms with E-state index in [0.29, 0.717) is 16.1 Å². The molecule has 0 saturated heterocycles. The molecule has 2 N–H and O–H groups in total. The number of aliphatic carboxylic acids is 1. The Balaban J connectivity index is 2.22. The van der Waals surface area contributed by atoms with Crippen LogP contribution in [0.15, 0.2) is 30.6 Å². The van der Waals surface area contributed by atoms with Gasteiger partial charge in [-0.25, -0.2) is 4.79 Å². The van der Waals surface area contributed by atoms with E-state index in [0.717, 1.165) is 0 Å². The predicted octanol–water partition coefficient (Wildman–Crippen LogP) is 0.646. The van der Waals surface area contributed by atoms with E-state index in [1.807, 2.05) is 0 Å². The van der Waals surface area contributed by atoms with Gasteiger partial charge in [-0.3, -0.25) is 4.98 Å². The minimum atomic E-state index is -1.11. The monoisotopic (exact) mass is 235 g/mol. The molecule has 0 spiro atoms. The predicted molar refractivity (Wildman–Crippen MR) is 55.8 cm³/mol. The fraction of sp³-hybridized carbons (Fsp3) is 0.100. The maximum absolute atomic E-state index is 10.3. The lowest BCUT2D eigenvalue weighted by Crippen LogP contribution is -2.09. The number of carboxylic acid groups (broad SMARTS) is 1. The summed E-state index contributed by atoms with van der Waals surface area (Å²) in [6.07, 6.45) is 3.15. The SMILES string of the molecule is O=C(O)COc1cc(-c2cccnc2)n(O)n1. The van der Waals surface area contributed by atoms with Gasteiger partial charge in [0.2, 0.25) is 5.88 Å². The molecule has 2 heterocycles. The minimum Gasteiger partial charge on any atom is -0.479 e. The Morgan fingerprint density at radius 1 is 1.53 bits per heavy atom. The molecule has 0 radical (unpaired) electrons. The number of pyridine rings is 1. The van der Waals surface area contributed by atoms with E-state index in [4.69, 9.17) is 9.84 Å². The molecule has 0 bridgehead atoms. The molecule has 2 rings (SSSR count). The molecule has 0 saturated carbocycles. The molecule has 7 heteroatoms. The first-order valence-electron chi connectivity index (χ1n) is 4.71. The van der Waals surface area contributed by atoms with Crippen molar-refractivity contribution in [3.8, 4) is 17.1 Å². The van der Waals surface area contributed by atoms with Gasteiger partial charge in [0, 0.05) is 24.0 Å². The van der Waals surface area contributed by atoms with Crippen LogP contribution in [0.2, 0.25) is 0 Å². The maximum atomic E-state index is 10.3. The molecule has 0 aliphatic rings. The molecule has 0 atom stereocenters. The highest BCUT2D eigenvalue weighted by molar-refractivity contribution is 5.68. The zero-order valence-electron chi connectivity index (χ0n) is 8.65. The van der Waals surface area contributed by atoms with Crippen molar-refractivity contribution >= 4 is 5.97 Å². The third-order valence-corrected chi connectivity index (χ3v) is 1.97. The molecular weight excluding hydrogens is 226 g/mol.